The molecule has 0 aliphatic heterocycles. The number of ether oxygens (including phenoxy) is 1. The van der Waals surface area contributed by atoms with Gasteiger partial charge in [0.05, 0.1) is 68.4 Å². The minimum absolute atomic E-state index is 0.0583. The van der Waals surface area contributed by atoms with E-state index in [0.29, 0.717) is 11.4 Å². The average molecular weight is 1100 g/mol. The van der Waals surface area contributed by atoms with Crippen LogP contribution in [0.15, 0.2) is 184 Å². The molecule has 0 amide bonds. The van der Waals surface area contributed by atoms with Crippen LogP contribution in [0.25, 0.3) is 33.1 Å². The molecule has 0 radical (unpaired) electrons. The number of aliphatic hydroxyl groups excluding tert-OH is 1. The lowest BCUT2D eigenvalue weighted by Crippen LogP contribution is -2.28. The summed E-state index contributed by atoms with van der Waals surface area (Å²) in [5, 5.41) is 41.6. The molecule has 0 saturated carbocycles. The molecule has 12 heterocycles. The monoisotopic (exact) mass is 1100 g/mol. The summed E-state index contributed by atoms with van der Waals surface area (Å²) >= 11 is 5.65. The summed E-state index contributed by atoms with van der Waals surface area (Å²) in [6.45, 7) is 3.47. The molecule has 0 fully saturated rings. The molecule has 0 aromatic carbocycles. The number of sulfone groups is 2. The molecule has 398 valence electrons. The minimum atomic E-state index is -3.15. The van der Waals surface area contributed by atoms with Crippen molar-refractivity contribution < 1.29 is 41.4 Å². The number of aromatic nitrogens is 12. The van der Waals surface area contributed by atoms with Gasteiger partial charge in [0.25, 0.3) is 0 Å². The van der Waals surface area contributed by atoms with Gasteiger partial charge in [-0.15, -0.1) is 11.6 Å². The highest BCUT2D eigenvalue weighted by Crippen LogP contribution is 2.29. The van der Waals surface area contributed by atoms with Gasteiger partial charge in [-0.1, -0.05) is 24.3 Å². The molecule has 0 aliphatic carbocycles. The summed E-state index contributed by atoms with van der Waals surface area (Å²) < 4.78 is 59.2. The number of hydrogen-bond acceptors (Lipinski definition) is 14. The Kier molecular flexibility index (Phi) is 18.0. The number of alkyl halides is 1. The Morgan fingerprint density at radius 1 is 0.506 bits per heavy atom. The first kappa shape index (κ1) is 56.0. The van der Waals surface area contributed by atoms with Crippen LogP contribution in [0.3, 0.4) is 0 Å². The number of halogens is 1. The van der Waals surface area contributed by atoms with E-state index in [-0.39, 0.29) is 23.9 Å². The predicted molar refractivity (Wildman–Crippen MR) is 291 cm³/mol. The number of nitrogens with zero attached hydrogens (tertiary/aromatic N) is 12. The zero-order chi connectivity index (χ0) is 55.3. The number of pyridine rings is 6. The van der Waals surface area contributed by atoms with Crippen LogP contribution in [0.4, 0.5) is 0 Å². The number of fused-ring (bicyclic) bond motifs is 6. The first-order chi connectivity index (χ1) is 36.7. The van der Waals surface area contributed by atoms with Crippen LogP contribution < -0.4 is 0 Å². The van der Waals surface area contributed by atoms with Crippen molar-refractivity contribution in [1.29, 1.82) is 0 Å². The molecule has 0 unspecified atom stereocenters. The van der Waals surface area contributed by atoms with Gasteiger partial charge in [0.2, 0.25) is 0 Å². The maximum atomic E-state index is 11.7. The van der Waals surface area contributed by atoms with Crippen molar-refractivity contribution in [2.45, 2.75) is 36.8 Å². The van der Waals surface area contributed by atoms with Gasteiger partial charge in [-0.25, -0.2) is 53.5 Å². The van der Waals surface area contributed by atoms with Crippen molar-refractivity contribution in [1.82, 2.24) is 57.7 Å². The number of carboxylic acid groups (broad SMARTS) is 1. The Balaban J connectivity index is 0.000000135. The average Bonchev–Trinajstić information content (AvgIpc) is 4.30. The van der Waals surface area contributed by atoms with Crippen molar-refractivity contribution in [2.24, 2.45) is 0 Å². The molecule has 12 rings (SSSR count). The SMILES string of the molecule is CC(C)(c1ccc2ccnn2c1)S(C)(=O)=O.COC(=O)c1ccc2ccnn2c1.CS(=O)(=O)Cc1ccc2ccnn2c1.ClCc1ccc2ccnn2c1.O=C(O)c1ccc2ccnn2c1.OCc1ccc2ccnn2c1. The fourth-order valence-electron chi connectivity index (χ4n) is 7.11. The van der Waals surface area contributed by atoms with Gasteiger partial charge in [-0.3, -0.25) is 0 Å². The van der Waals surface area contributed by atoms with E-state index in [0.717, 1.165) is 55.4 Å². The molecule has 77 heavy (non-hydrogen) atoms. The first-order valence-corrected chi connectivity index (χ1v) is 27.7. The summed E-state index contributed by atoms with van der Waals surface area (Å²) in [7, 11) is -4.76. The smallest absolute Gasteiger partial charge is 0.339 e. The van der Waals surface area contributed by atoms with E-state index in [1.165, 1.54) is 30.3 Å². The third-order valence-electron chi connectivity index (χ3n) is 11.6. The normalized spacial score (nSPS) is 11.3. The van der Waals surface area contributed by atoms with E-state index in [2.05, 4.69) is 35.3 Å². The molecule has 0 atom stereocenters. The molecule has 2 N–H and O–H groups in total. The van der Waals surface area contributed by atoms with Crippen molar-refractivity contribution in [2.75, 3.05) is 19.6 Å². The lowest BCUT2D eigenvalue weighted by molar-refractivity contribution is 0.0599. The lowest BCUT2D eigenvalue weighted by atomic mass is 10.0. The number of carbonyl (C=O) groups excluding carboxylic acids is 1. The molecule has 12 aromatic heterocycles. The third-order valence-corrected chi connectivity index (χ3v) is 14.9. The number of carboxylic acids is 1. The molecule has 0 aliphatic rings. The summed E-state index contributed by atoms with van der Waals surface area (Å²) in [4.78, 5) is 21.6. The van der Waals surface area contributed by atoms with E-state index in [9.17, 15) is 26.4 Å². The van der Waals surface area contributed by atoms with Gasteiger partial charge >= 0.3 is 11.9 Å². The molecule has 12 aromatic rings. The molecule has 24 heteroatoms. The van der Waals surface area contributed by atoms with Crippen LogP contribution in [0, 0.1) is 0 Å². The van der Waals surface area contributed by atoms with Crippen molar-refractivity contribution in [3.8, 4) is 0 Å². The summed E-state index contributed by atoms with van der Waals surface area (Å²) in [5.74, 6) is -0.691. The zero-order valence-electron chi connectivity index (χ0n) is 42.3. The number of carbonyl (C=O) groups is 2. The summed E-state index contributed by atoms with van der Waals surface area (Å²) in [5.41, 5.74) is 10.1. The summed E-state index contributed by atoms with van der Waals surface area (Å²) in [6.07, 6.45) is 23.0. The van der Waals surface area contributed by atoms with Crippen LogP contribution in [0.2, 0.25) is 0 Å². The van der Waals surface area contributed by atoms with E-state index in [4.69, 9.17) is 21.8 Å². The summed E-state index contributed by atoms with van der Waals surface area (Å²) in [6, 6.07) is 33.3. The number of methoxy groups -OCH3 is 1. The molecular weight excluding hydrogens is 1050 g/mol. The number of aliphatic hydroxyl groups is 1. The molecule has 0 bridgehead atoms. The molecular formula is C53H53ClN12O9S2. The minimum Gasteiger partial charge on any atom is -0.478 e. The van der Waals surface area contributed by atoms with Gasteiger partial charge in [0.15, 0.2) is 19.7 Å². The fraction of sp³-hybridized carbons (Fsp3) is 0.170. The van der Waals surface area contributed by atoms with Crippen LogP contribution >= 0.6 is 11.6 Å². The van der Waals surface area contributed by atoms with Gasteiger partial charge in [0.1, 0.15) is 0 Å². The zero-order valence-corrected chi connectivity index (χ0v) is 44.6. The van der Waals surface area contributed by atoms with Gasteiger partial charge in [-0.2, -0.15) is 30.6 Å². The largest absolute Gasteiger partial charge is 0.478 e. The number of aromatic carboxylic acids is 1. The fourth-order valence-corrected chi connectivity index (χ4v) is 8.59. The standard InChI is InChI=1S/C11H14N2O2S.C9H10N2O2S.C9H8N2O2.C8H7ClN2.C8H6N2O2.C8H8N2O/c1-11(2,16(3,14)15)9-4-5-10-6-7-12-13(10)8-9;1-14(12,13)7-8-2-3-9-4-5-10-11(9)6-8;1-13-9(12)7-2-3-8-4-5-10-11(8)6-7;9-5-7-1-2-8-3-4-10-11(8)6-7;11-8(12)6-1-2-7-3-4-9-10(7)5-6;11-6-7-1-2-8-3-4-9-10(8)5-7/h4-8H,1-3H3;2-6H,7H2,1H3;2-6H,1H3;1-4,6H,5H2;1-5H,(H,11,12);1-5,11H,6H2. The Morgan fingerprint density at radius 2 is 0.857 bits per heavy atom. The third kappa shape index (κ3) is 14.8. The number of hydrogen-bond donors (Lipinski definition) is 2. The second kappa shape index (κ2) is 24.7. The quantitative estimate of drug-likeness (QED) is 0.110. The van der Waals surface area contributed by atoms with Crippen molar-refractivity contribution in [3.63, 3.8) is 0 Å². The molecule has 0 saturated heterocycles. The highest BCUT2D eigenvalue weighted by Gasteiger charge is 2.32. The maximum Gasteiger partial charge on any atom is 0.339 e. The highest BCUT2D eigenvalue weighted by atomic mass is 35.5. The Bertz CT molecular complexity index is 4110. The van der Waals surface area contributed by atoms with Crippen molar-refractivity contribution >= 4 is 76.3 Å². The Labute approximate surface area is 446 Å². The maximum absolute atomic E-state index is 11.7. The second-order valence-corrected chi connectivity index (χ2v) is 22.5. The van der Waals surface area contributed by atoms with E-state index >= 15 is 0 Å². The molecule has 0 spiro atoms. The number of rotatable bonds is 8. The van der Waals surface area contributed by atoms with Gasteiger partial charge < -0.3 is 14.9 Å². The lowest BCUT2D eigenvalue weighted by Gasteiger charge is -2.22. The predicted octanol–water partition coefficient (Wildman–Crippen LogP) is 7.55. The van der Waals surface area contributed by atoms with Crippen molar-refractivity contribution in [3.05, 3.63) is 217 Å². The Hall–Kier alpha value is -8.77. The second-order valence-electron chi connectivity index (χ2n) is 17.5. The first-order valence-electron chi connectivity index (χ1n) is 23.2. The molecule has 21 nitrogen and oxygen atoms in total. The van der Waals surface area contributed by atoms with Crippen LogP contribution in [-0.4, -0.2) is 116 Å². The highest BCUT2D eigenvalue weighted by molar-refractivity contribution is 7.91. The van der Waals surface area contributed by atoms with Crippen LogP contribution in [0.1, 0.15) is 56.8 Å². The van der Waals surface area contributed by atoms with Crippen LogP contribution in [0.5, 0.6) is 0 Å². The number of esters is 1. The Morgan fingerprint density at radius 3 is 1.26 bits per heavy atom. The van der Waals surface area contributed by atoms with E-state index in [1.807, 2.05) is 102 Å². The van der Waals surface area contributed by atoms with Gasteiger partial charge in [0, 0.05) is 92.8 Å². The van der Waals surface area contributed by atoms with Gasteiger partial charge in [-0.05, 0) is 121 Å². The van der Waals surface area contributed by atoms with Crippen LogP contribution in [-0.2, 0) is 47.4 Å². The van der Waals surface area contributed by atoms with E-state index < -0.39 is 30.4 Å². The topological polar surface area (TPSA) is 256 Å². The van der Waals surface area contributed by atoms with E-state index in [1.54, 1.807) is 112 Å².